The van der Waals surface area contributed by atoms with Crippen molar-refractivity contribution in [3.05, 3.63) is 47.8 Å². The van der Waals surface area contributed by atoms with E-state index in [9.17, 15) is 9.59 Å². The number of carbonyl (C=O) groups excluding carboxylic acids is 2. The van der Waals surface area contributed by atoms with Crippen LogP contribution in [0.25, 0.3) is 0 Å². The van der Waals surface area contributed by atoms with Crippen LogP contribution in [-0.4, -0.2) is 29.8 Å². The van der Waals surface area contributed by atoms with E-state index in [0.29, 0.717) is 31.7 Å². The molecule has 1 aliphatic rings. The monoisotopic (exact) mass is 330 g/mol. The van der Waals surface area contributed by atoms with Crippen LogP contribution in [0.2, 0.25) is 0 Å². The molecule has 0 spiro atoms. The van der Waals surface area contributed by atoms with Crippen molar-refractivity contribution in [2.24, 2.45) is 5.92 Å². The first-order chi connectivity index (χ1) is 11.5. The van der Waals surface area contributed by atoms with E-state index in [-0.39, 0.29) is 23.8 Å². The lowest BCUT2D eigenvalue weighted by Crippen LogP contribution is -2.43. The highest BCUT2D eigenvalue weighted by Gasteiger charge is 2.29. The Morgan fingerprint density at radius 2 is 2.00 bits per heavy atom. The number of nitrogens with one attached hydrogen (secondary N) is 1. The molecule has 24 heavy (non-hydrogen) atoms. The molecule has 2 amide bonds. The summed E-state index contributed by atoms with van der Waals surface area (Å²) >= 11 is 0. The Labute approximate surface area is 140 Å². The minimum Gasteiger partial charge on any atom is -0.464 e. The molecule has 3 rings (SSSR count). The maximum Gasteiger partial charge on any atom is 0.289 e. The molecule has 1 atom stereocenters. The van der Waals surface area contributed by atoms with E-state index >= 15 is 0 Å². The average molecular weight is 330 g/mol. The molecular formula is C18H22N2O4. The van der Waals surface area contributed by atoms with Gasteiger partial charge in [0.1, 0.15) is 11.5 Å². The van der Waals surface area contributed by atoms with Crippen LogP contribution < -0.4 is 5.32 Å². The van der Waals surface area contributed by atoms with Crippen LogP contribution in [0, 0.1) is 12.8 Å². The van der Waals surface area contributed by atoms with Gasteiger partial charge in [-0.2, -0.15) is 0 Å². The maximum absolute atomic E-state index is 12.4. The third-order valence-corrected chi connectivity index (χ3v) is 4.43. The van der Waals surface area contributed by atoms with Crippen LogP contribution in [0.15, 0.2) is 39.4 Å². The summed E-state index contributed by atoms with van der Waals surface area (Å²) in [5.41, 5.74) is 0. The molecule has 0 unspecified atom stereocenters. The molecule has 0 saturated carbocycles. The largest absolute Gasteiger partial charge is 0.464 e. The van der Waals surface area contributed by atoms with Crippen LogP contribution in [0.5, 0.6) is 0 Å². The number of aryl methyl sites for hydroxylation is 1. The zero-order chi connectivity index (χ0) is 17.1. The van der Waals surface area contributed by atoms with Crippen molar-refractivity contribution in [1.82, 2.24) is 10.2 Å². The molecule has 6 nitrogen and oxygen atoms in total. The topological polar surface area (TPSA) is 75.7 Å². The SMILES string of the molecule is Cc1ccc([C@H](C)NC(=O)C2CCN(C(=O)c3ccco3)CC2)o1. The van der Waals surface area contributed by atoms with Crippen molar-refractivity contribution in [3.8, 4) is 0 Å². The van der Waals surface area contributed by atoms with E-state index in [1.165, 1.54) is 6.26 Å². The molecule has 0 radical (unpaired) electrons. The Morgan fingerprint density at radius 1 is 1.25 bits per heavy atom. The summed E-state index contributed by atoms with van der Waals surface area (Å²) in [5.74, 6) is 1.76. The van der Waals surface area contributed by atoms with Crippen LogP contribution in [0.3, 0.4) is 0 Å². The molecule has 3 heterocycles. The van der Waals surface area contributed by atoms with Crippen LogP contribution in [0.4, 0.5) is 0 Å². The molecule has 0 aromatic carbocycles. The summed E-state index contributed by atoms with van der Waals surface area (Å²) < 4.78 is 10.7. The number of amides is 2. The zero-order valence-electron chi connectivity index (χ0n) is 14.0. The molecule has 1 fully saturated rings. The van der Waals surface area contributed by atoms with Crippen molar-refractivity contribution in [2.75, 3.05) is 13.1 Å². The molecule has 1 aliphatic heterocycles. The Balaban J connectivity index is 1.51. The van der Waals surface area contributed by atoms with Gasteiger partial charge < -0.3 is 19.1 Å². The van der Waals surface area contributed by atoms with E-state index in [2.05, 4.69) is 5.32 Å². The van der Waals surface area contributed by atoms with Crippen LogP contribution in [0.1, 0.15) is 47.9 Å². The van der Waals surface area contributed by atoms with E-state index in [4.69, 9.17) is 8.83 Å². The molecule has 0 bridgehead atoms. The summed E-state index contributed by atoms with van der Waals surface area (Å²) in [6, 6.07) is 6.97. The van der Waals surface area contributed by atoms with Crippen molar-refractivity contribution in [1.29, 1.82) is 0 Å². The number of furan rings is 2. The molecule has 2 aromatic rings. The minimum absolute atomic E-state index is 0.0154. The third kappa shape index (κ3) is 3.53. The summed E-state index contributed by atoms with van der Waals surface area (Å²) in [6.45, 7) is 4.91. The summed E-state index contributed by atoms with van der Waals surface area (Å²) in [7, 11) is 0. The molecule has 1 saturated heterocycles. The number of likely N-dealkylation sites (tertiary alicyclic amines) is 1. The van der Waals surface area contributed by atoms with Crippen LogP contribution >= 0.6 is 0 Å². The van der Waals surface area contributed by atoms with E-state index in [1.54, 1.807) is 17.0 Å². The normalized spacial score (nSPS) is 16.8. The first-order valence-corrected chi connectivity index (χ1v) is 8.24. The number of hydrogen-bond donors (Lipinski definition) is 1. The van der Waals surface area contributed by atoms with E-state index < -0.39 is 0 Å². The molecule has 2 aromatic heterocycles. The Hall–Kier alpha value is -2.50. The lowest BCUT2D eigenvalue weighted by atomic mass is 9.95. The van der Waals surface area contributed by atoms with Crippen molar-refractivity contribution >= 4 is 11.8 Å². The molecule has 6 heteroatoms. The molecule has 128 valence electrons. The van der Waals surface area contributed by atoms with Gasteiger partial charge in [0.25, 0.3) is 5.91 Å². The second-order valence-corrected chi connectivity index (χ2v) is 6.22. The summed E-state index contributed by atoms with van der Waals surface area (Å²) in [4.78, 5) is 26.4. The number of hydrogen-bond acceptors (Lipinski definition) is 4. The standard InChI is InChI=1S/C18H22N2O4/c1-12-5-6-15(24-12)13(2)19-17(21)14-7-9-20(10-8-14)18(22)16-4-3-11-23-16/h3-6,11,13-14H,7-10H2,1-2H3,(H,19,21)/t13-/m0/s1. The summed E-state index contributed by atoms with van der Waals surface area (Å²) in [5, 5.41) is 3.00. The number of piperidine rings is 1. The summed E-state index contributed by atoms with van der Waals surface area (Å²) in [6.07, 6.45) is 2.80. The maximum atomic E-state index is 12.4. The highest BCUT2D eigenvalue weighted by molar-refractivity contribution is 5.91. The highest BCUT2D eigenvalue weighted by atomic mass is 16.3. The van der Waals surface area contributed by atoms with Crippen molar-refractivity contribution < 1.29 is 18.4 Å². The zero-order valence-corrected chi connectivity index (χ0v) is 14.0. The fourth-order valence-corrected chi connectivity index (χ4v) is 2.99. The third-order valence-electron chi connectivity index (χ3n) is 4.43. The second-order valence-electron chi connectivity index (χ2n) is 6.22. The lowest BCUT2D eigenvalue weighted by Gasteiger charge is -2.31. The van der Waals surface area contributed by atoms with E-state index in [0.717, 1.165) is 11.5 Å². The van der Waals surface area contributed by atoms with Crippen LogP contribution in [-0.2, 0) is 4.79 Å². The van der Waals surface area contributed by atoms with E-state index in [1.807, 2.05) is 26.0 Å². The number of rotatable bonds is 4. The fraction of sp³-hybridized carbons (Fsp3) is 0.444. The van der Waals surface area contributed by atoms with Crippen molar-refractivity contribution in [2.45, 2.75) is 32.7 Å². The molecule has 0 aliphatic carbocycles. The number of nitrogens with zero attached hydrogens (tertiary/aromatic N) is 1. The van der Waals surface area contributed by atoms with Gasteiger partial charge in [-0.3, -0.25) is 9.59 Å². The van der Waals surface area contributed by atoms with Gasteiger partial charge in [0.15, 0.2) is 5.76 Å². The van der Waals surface area contributed by atoms with Crippen molar-refractivity contribution in [3.63, 3.8) is 0 Å². The predicted molar refractivity (Wildman–Crippen MR) is 87.3 cm³/mol. The van der Waals surface area contributed by atoms with Gasteiger partial charge in [-0.15, -0.1) is 0 Å². The molecule has 1 N–H and O–H groups in total. The Bertz CT molecular complexity index is 696. The minimum atomic E-state index is -0.158. The Kier molecular flexibility index (Phi) is 4.74. The Morgan fingerprint density at radius 3 is 2.58 bits per heavy atom. The van der Waals surface area contributed by atoms with Gasteiger partial charge in [-0.1, -0.05) is 0 Å². The second kappa shape index (κ2) is 6.95. The average Bonchev–Trinajstić information content (AvgIpc) is 3.26. The first kappa shape index (κ1) is 16.4. The van der Waals surface area contributed by atoms with Gasteiger partial charge in [-0.25, -0.2) is 0 Å². The highest BCUT2D eigenvalue weighted by Crippen LogP contribution is 2.22. The number of carbonyl (C=O) groups is 2. The smallest absolute Gasteiger partial charge is 0.289 e. The van der Waals surface area contributed by atoms with Gasteiger partial charge in [-0.05, 0) is 51.0 Å². The molecular weight excluding hydrogens is 308 g/mol. The van der Waals surface area contributed by atoms with Gasteiger partial charge in [0, 0.05) is 19.0 Å². The first-order valence-electron chi connectivity index (χ1n) is 8.24. The predicted octanol–water partition coefficient (Wildman–Crippen LogP) is 2.91. The lowest BCUT2D eigenvalue weighted by molar-refractivity contribution is -0.127. The van der Waals surface area contributed by atoms with Gasteiger partial charge >= 0.3 is 0 Å². The fourth-order valence-electron chi connectivity index (χ4n) is 2.99. The van der Waals surface area contributed by atoms with Gasteiger partial charge in [0.2, 0.25) is 5.91 Å². The van der Waals surface area contributed by atoms with Gasteiger partial charge in [0.05, 0.1) is 12.3 Å². The quantitative estimate of drug-likeness (QED) is 0.935.